The molecule has 6 nitrogen and oxygen atoms in total. The Labute approximate surface area is 215 Å². The van der Waals surface area contributed by atoms with Crippen molar-refractivity contribution in [1.82, 2.24) is 9.97 Å². The summed E-state index contributed by atoms with van der Waals surface area (Å²) >= 11 is 1.44. The third-order valence-corrected chi connectivity index (χ3v) is 6.30. The van der Waals surface area contributed by atoms with Crippen molar-refractivity contribution in [3.05, 3.63) is 90.5 Å². The van der Waals surface area contributed by atoms with Crippen LogP contribution in [0.5, 0.6) is 5.75 Å². The van der Waals surface area contributed by atoms with E-state index in [4.69, 9.17) is 14.5 Å². The number of hydrogen-bond donors (Lipinski definition) is 2. The number of benzene rings is 3. The van der Waals surface area contributed by atoms with Gasteiger partial charge in [0.25, 0.3) is 0 Å². The Morgan fingerprint density at radius 2 is 1.56 bits per heavy atom. The predicted octanol–water partition coefficient (Wildman–Crippen LogP) is 6.09. The fourth-order valence-corrected chi connectivity index (χ4v) is 4.24. The molecule has 0 spiro atoms. The van der Waals surface area contributed by atoms with Crippen LogP contribution in [0.1, 0.15) is 24.2 Å². The van der Waals surface area contributed by atoms with Crippen LogP contribution in [0.15, 0.2) is 90.1 Å². The van der Waals surface area contributed by atoms with Crippen molar-refractivity contribution < 1.29 is 19.4 Å². The minimum Gasteiger partial charge on any atom is -0.491 e. The molecule has 2 N–H and O–H groups in total. The van der Waals surface area contributed by atoms with Crippen LogP contribution in [-0.4, -0.2) is 46.1 Å². The van der Waals surface area contributed by atoms with Gasteiger partial charge in [-0.15, -0.1) is 0 Å². The van der Waals surface area contributed by atoms with E-state index < -0.39 is 6.10 Å². The van der Waals surface area contributed by atoms with Gasteiger partial charge in [-0.2, -0.15) is 0 Å². The lowest BCUT2D eigenvalue weighted by molar-refractivity contribution is 0.0459. The molecule has 186 valence electrons. The van der Waals surface area contributed by atoms with Crippen molar-refractivity contribution in [2.24, 2.45) is 5.92 Å². The van der Waals surface area contributed by atoms with Crippen molar-refractivity contribution in [2.75, 3.05) is 19.0 Å². The molecule has 1 heterocycles. The summed E-state index contributed by atoms with van der Waals surface area (Å²) in [5, 5.41) is 11.2. The number of nitrogens with zero attached hydrogens (tertiary/aromatic N) is 1. The molecule has 1 aromatic heterocycles. The first-order valence-corrected chi connectivity index (χ1v) is 12.9. The van der Waals surface area contributed by atoms with Crippen LogP contribution in [0.2, 0.25) is 0 Å². The first-order valence-electron chi connectivity index (χ1n) is 11.9. The molecule has 1 unspecified atom stereocenters. The minimum atomic E-state index is -0.698. The molecule has 0 amide bonds. The number of imidazole rings is 1. The van der Waals surface area contributed by atoms with Crippen LogP contribution in [0.3, 0.4) is 0 Å². The number of esters is 1. The summed E-state index contributed by atoms with van der Waals surface area (Å²) in [6.07, 6.45) is -0.698. The highest BCUT2D eigenvalue weighted by atomic mass is 32.2. The zero-order chi connectivity index (χ0) is 25.3. The van der Waals surface area contributed by atoms with Crippen molar-refractivity contribution in [3.63, 3.8) is 0 Å². The van der Waals surface area contributed by atoms with E-state index in [9.17, 15) is 9.90 Å². The minimum absolute atomic E-state index is 0.127. The van der Waals surface area contributed by atoms with E-state index in [1.54, 1.807) is 24.3 Å². The first kappa shape index (κ1) is 25.5. The topological polar surface area (TPSA) is 84.4 Å². The van der Waals surface area contributed by atoms with Gasteiger partial charge in [0.2, 0.25) is 0 Å². The lowest BCUT2D eigenvalue weighted by Crippen LogP contribution is -2.20. The second-order valence-corrected chi connectivity index (χ2v) is 9.80. The first-order chi connectivity index (χ1) is 17.5. The SMILES string of the molecule is CC(C)COC(=O)c1ccc(OCC(O)CSc2nc(-c3ccccc3)c(-c3ccccc3)[nH]2)cc1. The Bertz CT molecular complexity index is 1180. The molecule has 0 saturated heterocycles. The smallest absolute Gasteiger partial charge is 0.338 e. The van der Waals surface area contributed by atoms with Gasteiger partial charge in [0, 0.05) is 16.9 Å². The van der Waals surface area contributed by atoms with Gasteiger partial charge in [0.1, 0.15) is 12.4 Å². The molecule has 1 atom stereocenters. The number of aliphatic hydroxyl groups is 1. The van der Waals surface area contributed by atoms with E-state index in [0.717, 1.165) is 27.7 Å². The van der Waals surface area contributed by atoms with Crippen molar-refractivity contribution in [1.29, 1.82) is 0 Å². The Morgan fingerprint density at radius 3 is 2.19 bits per heavy atom. The third-order valence-electron chi connectivity index (χ3n) is 5.28. The lowest BCUT2D eigenvalue weighted by Gasteiger charge is -2.12. The Kier molecular flexibility index (Phi) is 8.81. The van der Waals surface area contributed by atoms with Gasteiger partial charge >= 0.3 is 5.97 Å². The second-order valence-electron chi connectivity index (χ2n) is 8.79. The van der Waals surface area contributed by atoms with Crippen LogP contribution in [0.4, 0.5) is 0 Å². The summed E-state index contributed by atoms with van der Waals surface area (Å²) in [6.45, 7) is 4.49. The molecule has 0 aliphatic rings. The normalized spacial score (nSPS) is 11.9. The monoisotopic (exact) mass is 502 g/mol. The molecule has 0 saturated carbocycles. The van der Waals surface area contributed by atoms with E-state index >= 15 is 0 Å². The molecule has 0 bridgehead atoms. The van der Waals surface area contributed by atoms with Gasteiger partial charge < -0.3 is 19.6 Å². The third kappa shape index (κ3) is 6.99. The highest BCUT2D eigenvalue weighted by Gasteiger charge is 2.16. The van der Waals surface area contributed by atoms with Gasteiger partial charge in [-0.1, -0.05) is 86.3 Å². The Balaban J connectivity index is 1.34. The molecule has 0 radical (unpaired) electrons. The van der Waals surface area contributed by atoms with Crippen molar-refractivity contribution in [3.8, 4) is 28.3 Å². The fraction of sp³-hybridized carbons (Fsp3) is 0.241. The van der Waals surface area contributed by atoms with E-state index in [1.807, 2.05) is 74.5 Å². The molecule has 4 rings (SSSR count). The number of aromatic amines is 1. The number of carbonyl (C=O) groups excluding carboxylic acids is 1. The van der Waals surface area contributed by atoms with Gasteiger partial charge in [-0.05, 0) is 30.2 Å². The number of rotatable bonds is 11. The number of thioether (sulfide) groups is 1. The second kappa shape index (κ2) is 12.4. The van der Waals surface area contributed by atoms with Crippen molar-refractivity contribution >= 4 is 17.7 Å². The fourth-order valence-electron chi connectivity index (χ4n) is 3.47. The molecule has 4 aromatic rings. The largest absolute Gasteiger partial charge is 0.491 e. The van der Waals surface area contributed by atoms with E-state index in [-0.39, 0.29) is 18.5 Å². The number of H-pyrrole nitrogens is 1. The van der Waals surface area contributed by atoms with Crippen LogP contribution < -0.4 is 4.74 Å². The number of aromatic nitrogens is 2. The maximum absolute atomic E-state index is 12.0. The predicted molar refractivity (Wildman–Crippen MR) is 143 cm³/mol. The number of hydrogen-bond acceptors (Lipinski definition) is 6. The Hall–Kier alpha value is -3.55. The summed E-state index contributed by atoms with van der Waals surface area (Å²) < 4.78 is 10.9. The summed E-state index contributed by atoms with van der Waals surface area (Å²) in [5.74, 6) is 0.923. The van der Waals surface area contributed by atoms with Gasteiger partial charge in [-0.3, -0.25) is 0 Å². The standard InChI is InChI=1S/C29H30N2O4S/c1-20(2)17-35-28(33)23-13-15-25(16-14-23)34-18-24(32)19-36-29-30-26(21-9-5-3-6-10-21)27(31-29)22-11-7-4-8-12-22/h3-16,20,24,32H,17-19H2,1-2H3,(H,30,31). The van der Waals surface area contributed by atoms with Gasteiger partial charge in [0.05, 0.1) is 29.7 Å². The molecule has 36 heavy (non-hydrogen) atoms. The maximum atomic E-state index is 12.0. The molecule has 3 aromatic carbocycles. The van der Waals surface area contributed by atoms with Gasteiger partial charge in [0.15, 0.2) is 5.16 Å². The van der Waals surface area contributed by atoms with Crippen LogP contribution in [0, 0.1) is 5.92 Å². The number of ether oxygens (including phenoxy) is 2. The summed E-state index contributed by atoms with van der Waals surface area (Å²) in [7, 11) is 0. The van der Waals surface area contributed by atoms with Crippen LogP contribution in [-0.2, 0) is 4.74 Å². The van der Waals surface area contributed by atoms with E-state index in [0.29, 0.717) is 23.7 Å². The number of aliphatic hydroxyl groups excluding tert-OH is 1. The molecule has 0 fully saturated rings. The van der Waals surface area contributed by atoms with Crippen LogP contribution >= 0.6 is 11.8 Å². The molecular weight excluding hydrogens is 472 g/mol. The molecule has 7 heteroatoms. The molecule has 0 aliphatic heterocycles. The van der Waals surface area contributed by atoms with Crippen LogP contribution in [0.25, 0.3) is 22.5 Å². The van der Waals surface area contributed by atoms with Gasteiger partial charge in [-0.25, -0.2) is 9.78 Å². The average Bonchev–Trinajstić information content (AvgIpc) is 3.35. The summed E-state index contributed by atoms with van der Waals surface area (Å²) in [5.41, 5.74) is 4.38. The quantitative estimate of drug-likeness (QED) is 0.191. The summed E-state index contributed by atoms with van der Waals surface area (Å²) in [6, 6.07) is 26.9. The zero-order valence-electron chi connectivity index (χ0n) is 20.4. The maximum Gasteiger partial charge on any atom is 0.338 e. The number of carbonyl (C=O) groups is 1. The van der Waals surface area contributed by atoms with E-state index in [2.05, 4.69) is 4.98 Å². The highest BCUT2D eigenvalue weighted by Crippen LogP contribution is 2.32. The number of nitrogens with one attached hydrogen (secondary N) is 1. The lowest BCUT2D eigenvalue weighted by atomic mass is 10.1. The average molecular weight is 503 g/mol. The Morgan fingerprint density at radius 1 is 0.917 bits per heavy atom. The molecule has 0 aliphatic carbocycles. The van der Waals surface area contributed by atoms with E-state index in [1.165, 1.54) is 11.8 Å². The van der Waals surface area contributed by atoms with Crippen molar-refractivity contribution in [2.45, 2.75) is 25.1 Å². The highest BCUT2D eigenvalue weighted by molar-refractivity contribution is 7.99. The summed E-state index contributed by atoms with van der Waals surface area (Å²) in [4.78, 5) is 20.3. The molecular formula is C29H30N2O4S. The zero-order valence-corrected chi connectivity index (χ0v) is 21.2.